The van der Waals surface area contributed by atoms with Crippen molar-refractivity contribution in [3.63, 3.8) is 0 Å². The normalized spacial score (nSPS) is 11.6. The van der Waals surface area contributed by atoms with Crippen molar-refractivity contribution in [1.29, 1.82) is 0 Å². The molecule has 35 heavy (non-hydrogen) atoms. The predicted molar refractivity (Wildman–Crippen MR) is 131 cm³/mol. The highest BCUT2D eigenvalue weighted by atomic mass is 35.5. The van der Waals surface area contributed by atoms with Gasteiger partial charge in [-0.05, 0) is 48.0 Å². The van der Waals surface area contributed by atoms with Crippen LogP contribution in [0.5, 0.6) is 0 Å². The third-order valence-corrected chi connectivity index (χ3v) is 6.45. The van der Waals surface area contributed by atoms with Crippen LogP contribution in [0.25, 0.3) is 16.6 Å². The number of alkyl halides is 3. The Balaban J connectivity index is 1.57. The van der Waals surface area contributed by atoms with Gasteiger partial charge in [-0.2, -0.15) is 13.2 Å². The van der Waals surface area contributed by atoms with E-state index in [1.54, 1.807) is 36.4 Å². The molecule has 0 spiro atoms. The van der Waals surface area contributed by atoms with Crippen molar-refractivity contribution in [1.82, 2.24) is 14.9 Å². The highest BCUT2D eigenvalue weighted by Crippen LogP contribution is 2.30. The molecule has 4 aromatic rings. The lowest BCUT2D eigenvalue weighted by Crippen LogP contribution is -2.26. The molecular formula is C24H16Cl2F3N3O2S. The Morgan fingerprint density at radius 1 is 1.03 bits per heavy atom. The van der Waals surface area contributed by atoms with E-state index < -0.39 is 17.6 Å². The molecule has 0 aliphatic heterocycles. The Morgan fingerprint density at radius 2 is 1.80 bits per heavy atom. The molecule has 0 aliphatic carbocycles. The topological polar surface area (TPSA) is 64.0 Å². The number of benzene rings is 3. The number of nitrogens with one attached hydrogen (secondary N) is 1. The molecular weight excluding hydrogens is 522 g/mol. The molecule has 1 heterocycles. The number of rotatable bonds is 6. The van der Waals surface area contributed by atoms with Gasteiger partial charge in [0.1, 0.15) is 0 Å². The quantitative estimate of drug-likeness (QED) is 0.237. The maximum Gasteiger partial charge on any atom is 0.416 e. The maximum absolute atomic E-state index is 13.3. The fourth-order valence-electron chi connectivity index (χ4n) is 3.32. The Morgan fingerprint density at radius 3 is 2.54 bits per heavy atom. The van der Waals surface area contributed by atoms with Crippen molar-refractivity contribution in [2.24, 2.45) is 0 Å². The minimum absolute atomic E-state index is 0.0791. The number of hydrogen-bond acceptors (Lipinski definition) is 4. The number of fused-ring (bicyclic) bond motifs is 1. The van der Waals surface area contributed by atoms with E-state index in [0.717, 1.165) is 23.9 Å². The number of nitrogens with zero attached hydrogens (tertiary/aromatic N) is 2. The molecule has 5 nitrogen and oxygen atoms in total. The SMILES string of the molecule is O=C(CSc1nc2ccccc2c(=O)n1-c1ccc(Cl)cc1Cl)NCc1cccc(C(F)(F)F)c1. The fraction of sp³-hybridized carbons (Fsp3) is 0.125. The molecule has 4 rings (SSSR count). The number of thioether (sulfide) groups is 1. The average molecular weight is 538 g/mol. The highest BCUT2D eigenvalue weighted by Gasteiger charge is 2.30. The Labute approximate surface area is 211 Å². The van der Waals surface area contributed by atoms with E-state index in [1.165, 1.54) is 22.8 Å². The predicted octanol–water partition coefficient (Wildman–Crippen LogP) is 6.12. The maximum atomic E-state index is 13.3. The summed E-state index contributed by atoms with van der Waals surface area (Å²) in [5.74, 6) is -0.571. The van der Waals surface area contributed by atoms with Crippen LogP contribution in [0.1, 0.15) is 11.1 Å². The van der Waals surface area contributed by atoms with Gasteiger partial charge in [0.2, 0.25) is 5.91 Å². The van der Waals surface area contributed by atoms with Crippen LogP contribution in [0.3, 0.4) is 0 Å². The molecule has 0 fully saturated rings. The van der Waals surface area contributed by atoms with Crippen LogP contribution in [-0.4, -0.2) is 21.2 Å². The second-order valence-electron chi connectivity index (χ2n) is 7.41. The summed E-state index contributed by atoms with van der Waals surface area (Å²) in [7, 11) is 0. The smallest absolute Gasteiger partial charge is 0.351 e. The molecule has 1 N–H and O–H groups in total. The summed E-state index contributed by atoms with van der Waals surface area (Å²) in [6.07, 6.45) is -4.47. The number of hydrogen-bond donors (Lipinski definition) is 1. The number of halogens is 5. The molecule has 0 aliphatic rings. The molecule has 0 saturated heterocycles. The van der Waals surface area contributed by atoms with E-state index in [-0.39, 0.29) is 28.0 Å². The third-order valence-electron chi connectivity index (χ3n) is 4.97. The van der Waals surface area contributed by atoms with Crippen LogP contribution in [0.2, 0.25) is 10.0 Å². The van der Waals surface area contributed by atoms with Crippen molar-refractivity contribution in [2.45, 2.75) is 17.9 Å². The van der Waals surface area contributed by atoms with Gasteiger partial charge < -0.3 is 5.32 Å². The van der Waals surface area contributed by atoms with Gasteiger partial charge >= 0.3 is 6.18 Å². The first-order chi connectivity index (χ1) is 16.6. The van der Waals surface area contributed by atoms with Crippen LogP contribution in [0.15, 0.2) is 76.7 Å². The molecule has 0 unspecified atom stereocenters. The van der Waals surface area contributed by atoms with E-state index in [2.05, 4.69) is 10.3 Å². The Kier molecular flexibility index (Phi) is 7.39. The van der Waals surface area contributed by atoms with E-state index in [1.807, 2.05) is 0 Å². The van der Waals surface area contributed by atoms with Crippen LogP contribution in [0, 0.1) is 0 Å². The van der Waals surface area contributed by atoms with E-state index in [4.69, 9.17) is 23.2 Å². The van der Waals surface area contributed by atoms with Crippen molar-refractivity contribution in [3.8, 4) is 5.69 Å². The van der Waals surface area contributed by atoms with Crippen molar-refractivity contribution < 1.29 is 18.0 Å². The first-order valence-electron chi connectivity index (χ1n) is 10.2. The van der Waals surface area contributed by atoms with E-state index in [0.29, 0.717) is 27.2 Å². The first-order valence-corrected chi connectivity index (χ1v) is 11.9. The van der Waals surface area contributed by atoms with Gasteiger partial charge in [0.25, 0.3) is 5.56 Å². The monoisotopic (exact) mass is 537 g/mol. The lowest BCUT2D eigenvalue weighted by Gasteiger charge is -2.14. The molecule has 11 heteroatoms. The van der Waals surface area contributed by atoms with Crippen molar-refractivity contribution >= 4 is 51.8 Å². The second kappa shape index (κ2) is 10.3. The Hall–Kier alpha value is -3.01. The lowest BCUT2D eigenvalue weighted by atomic mass is 10.1. The zero-order valence-electron chi connectivity index (χ0n) is 17.8. The summed E-state index contributed by atoms with van der Waals surface area (Å²) in [6.45, 7) is -0.0791. The molecule has 0 atom stereocenters. The lowest BCUT2D eigenvalue weighted by molar-refractivity contribution is -0.137. The number of amides is 1. The molecule has 0 saturated carbocycles. The van der Waals surface area contributed by atoms with Gasteiger partial charge in [-0.15, -0.1) is 0 Å². The van der Waals surface area contributed by atoms with E-state index in [9.17, 15) is 22.8 Å². The van der Waals surface area contributed by atoms with Crippen LogP contribution >= 0.6 is 35.0 Å². The largest absolute Gasteiger partial charge is 0.416 e. The molecule has 0 radical (unpaired) electrons. The summed E-state index contributed by atoms with van der Waals surface area (Å²) >= 11 is 13.3. The number of carbonyl (C=O) groups is 1. The Bertz CT molecular complexity index is 1470. The molecule has 1 amide bonds. The fourth-order valence-corrected chi connectivity index (χ4v) is 4.65. The minimum atomic E-state index is -4.47. The first kappa shape index (κ1) is 25.1. The molecule has 1 aromatic heterocycles. The van der Waals surface area contributed by atoms with Gasteiger partial charge in [-0.25, -0.2) is 4.98 Å². The summed E-state index contributed by atoms with van der Waals surface area (Å²) in [5.41, 5.74) is -0.0432. The summed E-state index contributed by atoms with van der Waals surface area (Å²) in [4.78, 5) is 30.3. The van der Waals surface area contributed by atoms with Crippen LogP contribution in [0.4, 0.5) is 13.2 Å². The number of carbonyl (C=O) groups excluding carboxylic acids is 1. The van der Waals surface area contributed by atoms with Gasteiger partial charge in [-0.1, -0.05) is 59.2 Å². The van der Waals surface area contributed by atoms with Crippen LogP contribution in [-0.2, 0) is 17.5 Å². The zero-order chi connectivity index (χ0) is 25.2. The third kappa shape index (κ3) is 5.80. The second-order valence-corrected chi connectivity index (χ2v) is 9.20. The van der Waals surface area contributed by atoms with Crippen LogP contribution < -0.4 is 10.9 Å². The minimum Gasteiger partial charge on any atom is -0.351 e. The van der Waals surface area contributed by atoms with Gasteiger partial charge in [0.05, 0.1) is 32.9 Å². The highest BCUT2D eigenvalue weighted by molar-refractivity contribution is 7.99. The van der Waals surface area contributed by atoms with Gasteiger partial charge in [-0.3, -0.25) is 14.2 Å². The summed E-state index contributed by atoms with van der Waals surface area (Å²) < 4.78 is 40.0. The average Bonchev–Trinajstić information content (AvgIpc) is 2.82. The number of para-hydroxylation sites is 1. The number of aromatic nitrogens is 2. The molecule has 3 aromatic carbocycles. The summed E-state index contributed by atoms with van der Waals surface area (Å²) in [5, 5.41) is 3.81. The standard InChI is InChI=1S/C24H16Cl2F3N3O2S/c25-16-8-9-20(18(26)11-16)32-22(34)17-6-1-2-7-19(17)31-23(32)35-13-21(33)30-12-14-4-3-5-15(10-14)24(27,28)29/h1-11H,12-13H2,(H,30,33). The van der Waals surface area contributed by atoms with Crippen molar-refractivity contribution in [3.05, 3.63) is 98.3 Å². The summed E-state index contributed by atoms with van der Waals surface area (Å²) in [6, 6.07) is 16.2. The molecule has 180 valence electrons. The molecule has 0 bridgehead atoms. The van der Waals surface area contributed by atoms with Gasteiger partial charge in [0, 0.05) is 11.6 Å². The van der Waals surface area contributed by atoms with E-state index >= 15 is 0 Å². The zero-order valence-corrected chi connectivity index (χ0v) is 20.1. The van der Waals surface area contributed by atoms with Gasteiger partial charge in [0.15, 0.2) is 5.16 Å². The van der Waals surface area contributed by atoms with Crippen molar-refractivity contribution in [2.75, 3.05) is 5.75 Å².